The minimum atomic E-state index is -0.417. The fourth-order valence-corrected chi connectivity index (χ4v) is 4.02. The molecule has 0 spiro atoms. The molecule has 24 heavy (non-hydrogen) atoms. The van der Waals surface area contributed by atoms with Crippen LogP contribution in [0.2, 0.25) is 0 Å². The van der Waals surface area contributed by atoms with Crippen molar-refractivity contribution in [3.63, 3.8) is 0 Å². The van der Waals surface area contributed by atoms with Gasteiger partial charge in [0.2, 0.25) is 5.91 Å². The molecule has 1 unspecified atom stereocenters. The van der Waals surface area contributed by atoms with Gasteiger partial charge in [-0.05, 0) is 32.3 Å². The van der Waals surface area contributed by atoms with Gasteiger partial charge in [0.15, 0.2) is 0 Å². The van der Waals surface area contributed by atoms with Gasteiger partial charge >= 0.3 is 5.97 Å². The monoisotopic (exact) mass is 333 g/mol. The second-order valence-corrected chi connectivity index (χ2v) is 7.05. The van der Waals surface area contributed by atoms with Gasteiger partial charge in [0.1, 0.15) is 0 Å². The lowest BCUT2D eigenvalue weighted by molar-refractivity contribution is -0.145. The van der Waals surface area contributed by atoms with Gasteiger partial charge in [-0.15, -0.1) is 0 Å². The first-order valence-electron chi connectivity index (χ1n) is 9.10. The molecule has 0 saturated heterocycles. The summed E-state index contributed by atoms with van der Waals surface area (Å²) in [7, 11) is 0. The van der Waals surface area contributed by atoms with Crippen LogP contribution in [0.1, 0.15) is 57.6 Å². The molecule has 6 nitrogen and oxygen atoms in total. The molecule has 1 aliphatic carbocycles. The Morgan fingerprint density at radius 1 is 1.38 bits per heavy atom. The molecule has 0 radical (unpaired) electrons. The van der Waals surface area contributed by atoms with Crippen LogP contribution in [0.5, 0.6) is 0 Å². The number of carbonyl (C=O) groups excluding carboxylic acids is 2. The maximum absolute atomic E-state index is 12.8. The van der Waals surface area contributed by atoms with E-state index in [1.54, 1.807) is 6.20 Å². The molecule has 132 valence electrons. The molecule has 1 aromatic rings. The first kappa shape index (κ1) is 17.0. The summed E-state index contributed by atoms with van der Waals surface area (Å²) in [6.45, 7) is 2.98. The minimum Gasteiger partial charge on any atom is -0.466 e. The molecule has 0 bridgehead atoms. The van der Waals surface area contributed by atoms with E-state index < -0.39 is 5.54 Å². The van der Waals surface area contributed by atoms with Gasteiger partial charge < -0.3 is 10.1 Å². The average Bonchev–Trinajstić information content (AvgIpc) is 3.03. The number of hydrogen-bond acceptors (Lipinski definition) is 4. The fraction of sp³-hybridized carbons (Fsp3) is 0.722. The summed E-state index contributed by atoms with van der Waals surface area (Å²) >= 11 is 0. The third-order valence-corrected chi connectivity index (χ3v) is 5.31. The number of hydrogen-bond donors (Lipinski definition) is 1. The number of esters is 1. The summed E-state index contributed by atoms with van der Waals surface area (Å²) in [6.07, 6.45) is 8.61. The Hall–Kier alpha value is -1.85. The van der Waals surface area contributed by atoms with E-state index in [2.05, 4.69) is 10.4 Å². The van der Waals surface area contributed by atoms with E-state index in [1.165, 1.54) is 6.42 Å². The number of amides is 1. The zero-order chi connectivity index (χ0) is 17.0. The van der Waals surface area contributed by atoms with E-state index in [4.69, 9.17) is 4.74 Å². The van der Waals surface area contributed by atoms with Crippen LogP contribution in [-0.2, 0) is 27.3 Å². The van der Waals surface area contributed by atoms with Crippen molar-refractivity contribution in [1.29, 1.82) is 0 Å². The minimum absolute atomic E-state index is 0.0322. The first-order chi connectivity index (χ1) is 11.6. The van der Waals surface area contributed by atoms with E-state index in [0.717, 1.165) is 50.8 Å². The molecule has 1 amide bonds. The van der Waals surface area contributed by atoms with Gasteiger partial charge in [0.25, 0.3) is 0 Å². The van der Waals surface area contributed by atoms with Crippen molar-refractivity contribution in [2.45, 2.75) is 70.4 Å². The molecule has 1 N–H and O–H groups in total. The number of rotatable bonds is 5. The first-order valence-corrected chi connectivity index (χ1v) is 9.10. The average molecular weight is 333 g/mol. The Balaban J connectivity index is 1.66. The smallest absolute Gasteiger partial charge is 0.308 e. The summed E-state index contributed by atoms with van der Waals surface area (Å²) < 4.78 is 7.10. The number of nitrogens with zero attached hydrogens (tertiary/aromatic N) is 2. The Labute approximate surface area is 142 Å². The summed E-state index contributed by atoms with van der Waals surface area (Å²) in [4.78, 5) is 24.9. The van der Waals surface area contributed by atoms with Gasteiger partial charge in [0, 0.05) is 30.8 Å². The quantitative estimate of drug-likeness (QED) is 0.839. The van der Waals surface area contributed by atoms with Crippen molar-refractivity contribution in [1.82, 2.24) is 15.1 Å². The van der Waals surface area contributed by atoms with Gasteiger partial charge in [-0.3, -0.25) is 14.3 Å². The zero-order valence-corrected chi connectivity index (χ0v) is 14.4. The van der Waals surface area contributed by atoms with Crippen LogP contribution in [0, 0.1) is 5.92 Å². The van der Waals surface area contributed by atoms with E-state index in [0.29, 0.717) is 6.61 Å². The number of fused-ring (bicyclic) bond motifs is 1. The molecule has 1 saturated carbocycles. The molecular formula is C18H27N3O3. The van der Waals surface area contributed by atoms with E-state index in [1.807, 2.05) is 17.7 Å². The van der Waals surface area contributed by atoms with Crippen LogP contribution in [0.4, 0.5) is 0 Å². The Kier molecular flexibility index (Phi) is 5.21. The molecule has 6 heteroatoms. The van der Waals surface area contributed by atoms with Crippen molar-refractivity contribution < 1.29 is 14.3 Å². The molecule has 1 atom stereocenters. The van der Waals surface area contributed by atoms with Crippen molar-refractivity contribution >= 4 is 11.9 Å². The van der Waals surface area contributed by atoms with Gasteiger partial charge in [-0.2, -0.15) is 5.10 Å². The highest BCUT2D eigenvalue weighted by Crippen LogP contribution is 2.32. The Morgan fingerprint density at radius 3 is 2.92 bits per heavy atom. The highest BCUT2D eigenvalue weighted by Gasteiger charge is 2.38. The molecule has 1 aromatic heterocycles. The third-order valence-electron chi connectivity index (χ3n) is 5.31. The van der Waals surface area contributed by atoms with Crippen LogP contribution in [0.3, 0.4) is 0 Å². The number of aryl methyl sites for hydroxylation is 1. The lowest BCUT2D eigenvalue weighted by Gasteiger charge is -2.39. The predicted molar refractivity (Wildman–Crippen MR) is 89.2 cm³/mol. The van der Waals surface area contributed by atoms with Gasteiger partial charge in [0.05, 0.1) is 18.6 Å². The van der Waals surface area contributed by atoms with Crippen molar-refractivity contribution in [3.05, 3.63) is 18.0 Å². The second kappa shape index (κ2) is 7.36. The largest absolute Gasteiger partial charge is 0.466 e. The highest BCUT2D eigenvalue weighted by molar-refractivity contribution is 5.81. The lowest BCUT2D eigenvalue weighted by atomic mass is 9.78. The Bertz CT molecular complexity index is 590. The number of ether oxygens (including phenoxy) is 1. The zero-order valence-electron chi connectivity index (χ0n) is 14.4. The number of carbonyl (C=O) groups is 2. The van der Waals surface area contributed by atoms with Crippen LogP contribution in [0.15, 0.2) is 12.3 Å². The topological polar surface area (TPSA) is 73.2 Å². The van der Waals surface area contributed by atoms with Crippen molar-refractivity contribution in [3.8, 4) is 0 Å². The van der Waals surface area contributed by atoms with Crippen molar-refractivity contribution in [2.24, 2.45) is 5.92 Å². The molecule has 0 aromatic carbocycles. The summed E-state index contributed by atoms with van der Waals surface area (Å²) in [5.74, 6) is -0.162. The summed E-state index contributed by atoms with van der Waals surface area (Å²) in [6, 6.07) is 1.98. The molecule has 2 aliphatic rings. The molecule has 3 rings (SSSR count). The van der Waals surface area contributed by atoms with E-state index in [-0.39, 0.29) is 24.2 Å². The van der Waals surface area contributed by atoms with Crippen LogP contribution < -0.4 is 5.32 Å². The number of aromatic nitrogens is 2. The predicted octanol–water partition coefficient (Wildman–Crippen LogP) is 2.22. The maximum Gasteiger partial charge on any atom is 0.308 e. The van der Waals surface area contributed by atoms with Crippen LogP contribution >= 0.6 is 0 Å². The van der Waals surface area contributed by atoms with Gasteiger partial charge in [-0.25, -0.2) is 0 Å². The Morgan fingerprint density at radius 2 is 2.17 bits per heavy atom. The van der Waals surface area contributed by atoms with E-state index in [9.17, 15) is 9.59 Å². The summed E-state index contributed by atoms with van der Waals surface area (Å²) in [5.41, 5.74) is 0.698. The van der Waals surface area contributed by atoms with Crippen molar-refractivity contribution in [2.75, 3.05) is 6.61 Å². The molecule has 1 aliphatic heterocycles. The number of nitrogens with one attached hydrogen (secondary N) is 1. The molecule has 2 heterocycles. The summed E-state index contributed by atoms with van der Waals surface area (Å²) in [5, 5.41) is 7.51. The third kappa shape index (κ3) is 3.79. The van der Waals surface area contributed by atoms with Crippen LogP contribution in [0.25, 0.3) is 0 Å². The lowest BCUT2D eigenvalue weighted by Crippen LogP contribution is -2.53. The standard InChI is InChI=1S/C18H27N3O3/c1-2-24-16(22)13-18(8-4-3-5-9-18)20-17(23)14-7-11-21-15(12-14)6-10-19-21/h6,10,14H,2-5,7-9,11-13H2,1H3,(H,20,23). The van der Waals surface area contributed by atoms with Crippen LogP contribution in [-0.4, -0.2) is 33.8 Å². The fourth-order valence-electron chi connectivity index (χ4n) is 4.02. The normalized spacial score (nSPS) is 22.5. The van der Waals surface area contributed by atoms with E-state index >= 15 is 0 Å². The second-order valence-electron chi connectivity index (χ2n) is 7.05. The van der Waals surface area contributed by atoms with Gasteiger partial charge in [-0.1, -0.05) is 19.3 Å². The molecule has 1 fully saturated rings. The SMILES string of the molecule is CCOC(=O)CC1(NC(=O)C2CCn3nccc3C2)CCCCC1. The maximum atomic E-state index is 12.8. The highest BCUT2D eigenvalue weighted by atomic mass is 16.5. The molecular weight excluding hydrogens is 306 g/mol.